The van der Waals surface area contributed by atoms with Crippen LogP contribution in [-0.4, -0.2) is 20.0 Å². The molecule has 0 amide bonds. The van der Waals surface area contributed by atoms with Gasteiger partial charge in [0.25, 0.3) is 10.0 Å². The minimum absolute atomic E-state index is 0.160. The summed E-state index contributed by atoms with van der Waals surface area (Å²) >= 11 is 0. The molecule has 2 N–H and O–H groups in total. The highest BCUT2D eigenvalue weighted by Crippen LogP contribution is 2.23. The van der Waals surface area contributed by atoms with E-state index in [-0.39, 0.29) is 11.4 Å². The van der Waals surface area contributed by atoms with Crippen LogP contribution in [0.3, 0.4) is 0 Å². The Hall–Kier alpha value is -1.86. The molecule has 2 rings (SSSR count). The van der Waals surface area contributed by atoms with Crippen molar-refractivity contribution in [3.8, 4) is 0 Å². The van der Waals surface area contributed by atoms with Gasteiger partial charge >= 0.3 is 0 Å². The summed E-state index contributed by atoms with van der Waals surface area (Å²) in [7, 11) is -0.519. The van der Waals surface area contributed by atoms with E-state index in [0.717, 1.165) is 10.00 Å². The molecule has 0 aliphatic heterocycles. The molecule has 0 aliphatic carbocycles. The smallest absolute Gasteiger partial charge is 0.265 e. The van der Waals surface area contributed by atoms with E-state index in [1.165, 1.54) is 43.6 Å². The highest BCUT2D eigenvalue weighted by atomic mass is 32.2. The number of aromatic nitrogens is 1. The maximum Gasteiger partial charge on any atom is 0.265 e. The lowest BCUT2D eigenvalue weighted by Gasteiger charge is -2.18. The lowest BCUT2D eigenvalue weighted by molar-refractivity contribution is 0.594. The van der Waals surface area contributed by atoms with Crippen molar-refractivity contribution in [2.24, 2.45) is 12.8 Å². The fourth-order valence-electron chi connectivity index (χ4n) is 1.87. The zero-order valence-corrected chi connectivity index (χ0v) is 12.1. The van der Waals surface area contributed by atoms with Gasteiger partial charge < -0.3 is 10.3 Å². The molecule has 0 atom stereocenters. The molecular formula is C13H16FN3O2S. The highest BCUT2D eigenvalue weighted by molar-refractivity contribution is 7.92. The molecule has 7 heteroatoms. The minimum atomic E-state index is -3.68. The van der Waals surface area contributed by atoms with E-state index in [2.05, 4.69) is 0 Å². The van der Waals surface area contributed by atoms with Crippen molar-refractivity contribution in [1.82, 2.24) is 4.57 Å². The molecule has 1 aromatic heterocycles. The largest absolute Gasteiger partial charge is 0.352 e. The summed E-state index contributed by atoms with van der Waals surface area (Å²) in [4.78, 5) is 0.160. The molecule has 0 radical (unpaired) electrons. The average molecular weight is 297 g/mol. The number of nitrogens with zero attached hydrogens (tertiary/aromatic N) is 2. The second kappa shape index (κ2) is 5.26. The van der Waals surface area contributed by atoms with E-state index in [0.29, 0.717) is 5.69 Å². The zero-order valence-electron chi connectivity index (χ0n) is 11.2. The fourth-order valence-corrected chi connectivity index (χ4v) is 3.16. The average Bonchev–Trinajstić information content (AvgIpc) is 2.80. The number of sulfonamides is 1. The number of anilines is 1. The predicted octanol–water partition coefficient (Wildman–Crippen LogP) is 1.45. The van der Waals surface area contributed by atoms with Crippen LogP contribution in [0, 0.1) is 5.82 Å². The van der Waals surface area contributed by atoms with Crippen LogP contribution >= 0.6 is 0 Å². The van der Waals surface area contributed by atoms with E-state index >= 15 is 0 Å². The van der Waals surface area contributed by atoms with Crippen LogP contribution in [-0.2, 0) is 23.6 Å². The van der Waals surface area contributed by atoms with Crippen molar-refractivity contribution in [1.29, 1.82) is 0 Å². The van der Waals surface area contributed by atoms with Crippen LogP contribution in [0.2, 0.25) is 0 Å². The molecule has 5 nitrogen and oxygen atoms in total. The van der Waals surface area contributed by atoms with Crippen LogP contribution in [0.15, 0.2) is 41.4 Å². The van der Waals surface area contributed by atoms with E-state index in [1.54, 1.807) is 11.6 Å². The summed E-state index contributed by atoms with van der Waals surface area (Å²) < 4.78 is 40.6. The van der Waals surface area contributed by atoms with Crippen molar-refractivity contribution < 1.29 is 12.8 Å². The van der Waals surface area contributed by atoms with Gasteiger partial charge in [0.15, 0.2) is 0 Å². The molecular weight excluding hydrogens is 281 g/mol. The first-order valence-electron chi connectivity index (χ1n) is 5.96. The third-order valence-electron chi connectivity index (χ3n) is 3.14. The Balaban J connectivity index is 2.40. The first-order valence-corrected chi connectivity index (χ1v) is 7.40. The molecule has 2 aromatic rings. The molecule has 1 aromatic carbocycles. The van der Waals surface area contributed by atoms with E-state index in [1.807, 2.05) is 0 Å². The number of halogens is 1. The van der Waals surface area contributed by atoms with Gasteiger partial charge in [-0.2, -0.15) is 0 Å². The first kappa shape index (κ1) is 14.5. The number of hydrogen-bond acceptors (Lipinski definition) is 3. The van der Waals surface area contributed by atoms with Gasteiger partial charge in [-0.05, 0) is 30.3 Å². The SMILES string of the molecule is CN(c1ccc(F)cc1)S(=O)(=O)c1cc(CN)n(C)c1. The van der Waals surface area contributed by atoms with Crippen LogP contribution in [0.25, 0.3) is 0 Å². The summed E-state index contributed by atoms with van der Waals surface area (Å²) in [6, 6.07) is 6.81. The number of nitrogens with two attached hydrogens (primary N) is 1. The Bertz CT molecular complexity index is 708. The van der Waals surface area contributed by atoms with E-state index in [9.17, 15) is 12.8 Å². The van der Waals surface area contributed by atoms with Crippen LogP contribution in [0.4, 0.5) is 10.1 Å². The summed E-state index contributed by atoms with van der Waals surface area (Å²) in [5.74, 6) is -0.412. The Morgan fingerprint density at radius 2 is 1.90 bits per heavy atom. The Labute approximate surface area is 117 Å². The number of rotatable bonds is 4. The molecule has 0 aliphatic rings. The molecule has 0 saturated carbocycles. The maximum atomic E-state index is 12.9. The highest BCUT2D eigenvalue weighted by Gasteiger charge is 2.23. The number of hydrogen-bond donors (Lipinski definition) is 1. The molecule has 1 heterocycles. The molecule has 108 valence electrons. The second-order valence-corrected chi connectivity index (χ2v) is 6.40. The molecule has 0 saturated heterocycles. The second-order valence-electron chi connectivity index (χ2n) is 4.43. The van der Waals surface area contributed by atoms with E-state index < -0.39 is 15.8 Å². The summed E-state index contributed by atoms with van der Waals surface area (Å²) in [5.41, 5.74) is 6.65. The van der Waals surface area contributed by atoms with Gasteiger partial charge in [-0.3, -0.25) is 4.31 Å². The normalized spacial score (nSPS) is 11.6. The van der Waals surface area contributed by atoms with Gasteiger partial charge in [0, 0.05) is 32.5 Å². The lowest BCUT2D eigenvalue weighted by atomic mass is 10.3. The van der Waals surface area contributed by atoms with Gasteiger partial charge in [0.1, 0.15) is 10.7 Å². The van der Waals surface area contributed by atoms with Crippen LogP contribution in [0.1, 0.15) is 5.69 Å². The van der Waals surface area contributed by atoms with Crippen molar-refractivity contribution in [3.05, 3.63) is 48.0 Å². The topological polar surface area (TPSA) is 68.3 Å². The zero-order chi connectivity index (χ0) is 14.9. The van der Waals surface area contributed by atoms with Crippen molar-refractivity contribution in [2.75, 3.05) is 11.4 Å². The van der Waals surface area contributed by atoms with Crippen LogP contribution in [0.5, 0.6) is 0 Å². The minimum Gasteiger partial charge on any atom is -0.352 e. The third-order valence-corrected chi connectivity index (χ3v) is 4.89. The molecule has 0 fully saturated rings. The van der Waals surface area contributed by atoms with Crippen molar-refractivity contribution in [3.63, 3.8) is 0 Å². The molecule has 0 spiro atoms. The standard InChI is InChI=1S/C13H16FN3O2S/c1-16-9-13(7-12(16)8-15)20(18,19)17(2)11-5-3-10(14)4-6-11/h3-7,9H,8,15H2,1-2H3. The molecule has 20 heavy (non-hydrogen) atoms. The third kappa shape index (κ3) is 2.54. The summed E-state index contributed by atoms with van der Waals surface area (Å²) in [5, 5.41) is 0. The quantitative estimate of drug-likeness (QED) is 0.928. The van der Waals surface area contributed by atoms with Gasteiger partial charge in [-0.25, -0.2) is 12.8 Å². The number of benzene rings is 1. The number of aryl methyl sites for hydroxylation is 1. The predicted molar refractivity (Wildman–Crippen MR) is 75.3 cm³/mol. The summed E-state index contributed by atoms with van der Waals surface area (Å²) in [6.45, 7) is 0.256. The van der Waals surface area contributed by atoms with Crippen LogP contribution < -0.4 is 10.0 Å². The first-order chi connectivity index (χ1) is 9.36. The lowest BCUT2D eigenvalue weighted by Crippen LogP contribution is -2.26. The fraction of sp³-hybridized carbons (Fsp3) is 0.231. The molecule has 0 unspecified atom stereocenters. The van der Waals surface area contributed by atoms with Crippen molar-refractivity contribution >= 4 is 15.7 Å². The van der Waals surface area contributed by atoms with Gasteiger partial charge in [0.2, 0.25) is 0 Å². The Kier molecular flexibility index (Phi) is 3.82. The van der Waals surface area contributed by atoms with Gasteiger partial charge in [-0.1, -0.05) is 0 Å². The van der Waals surface area contributed by atoms with Gasteiger partial charge in [0.05, 0.1) is 5.69 Å². The summed E-state index contributed by atoms with van der Waals surface area (Å²) in [6.07, 6.45) is 1.51. The van der Waals surface area contributed by atoms with E-state index in [4.69, 9.17) is 5.73 Å². The van der Waals surface area contributed by atoms with Crippen molar-refractivity contribution in [2.45, 2.75) is 11.4 Å². The van der Waals surface area contributed by atoms with Gasteiger partial charge in [-0.15, -0.1) is 0 Å². The Morgan fingerprint density at radius 3 is 2.40 bits per heavy atom. The monoisotopic (exact) mass is 297 g/mol. The maximum absolute atomic E-state index is 12.9. The molecule has 0 bridgehead atoms. The Morgan fingerprint density at radius 1 is 1.30 bits per heavy atom.